The number of carbonyl (C=O) groups excluding carboxylic acids is 1. The number of carbonyl (C=O) groups is 1. The van der Waals surface area contributed by atoms with Gasteiger partial charge in [-0.25, -0.2) is 0 Å². The van der Waals surface area contributed by atoms with Gasteiger partial charge in [0, 0.05) is 18.5 Å². The molecule has 20 heavy (non-hydrogen) atoms. The van der Waals surface area contributed by atoms with Crippen molar-refractivity contribution in [1.29, 1.82) is 0 Å². The molecule has 0 aliphatic heterocycles. The van der Waals surface area contributed by atoms with Crippen LogP contribution in [0.2, 0.25) is 5.02 Å². The number of hydrogen-bond acceptors (Lipinski definition) is 2. The summed E-state index contributed by atoms with van der Waals surface area (Å²) in [6.07, 6.45) is 5.34. The lowest BCUT2D eigenvalue weighted by molar-refractivity contribution is 0.0963. The molecule has 0 saturated heterocycles. The first kappa shape index (κ1) is 17.2. The summed E-state index contributed by atoms with van der Waals surface area (Å²) in [5.41, 5.74) is 0.653. The zero-order valence-corrected chi connectivity index (χ0v) is 13.5. The van der Waals surface area contributed by atoms with Crippen LogP contribution in [-0.2, 0) is 0 Å². The van der Waals surface area contributed by atoms with Crippen molar-refractivity contribution in [2.45, 2.75) is 46.0 Å². The number of unbranched alkanes of at least 4 members (excludes halogenated alkanes) is 2. The molecule has 0 heterocycles. The van der Waals surface area contributed by atoms with E-state index < -0.39 is 0 Å². The van der Waals surface area contributed by atoms with Gasteiger partial charge in [-0.1, -0.05) is 50.4 Å². The van der Waals surface area contributed by atoms with Gasteiger partial charge in [-0.05, 0) is 38.1 Å². The first-order valence-corrected chi connectivity index (χ1v) is 8.06. The van der Waals surface area contributed by atoms with E-state index in [1.807, 2.05) is 18.2 Å². The third-order valence-electron chi connectivity index (χ3n) is 3.49. The summed E-state index contributed by atoms with van der Waals surface area (Å²) in [5, 5.41) is 0.561. The fourth-order valence-electron chi connectivity index (χ4n) is 2.18. The van der Waals surface area contributed by atoms with Gasteiger partial charge >= 0.3 is 0 Å². The van der Waals surface area contributed by atoms with Crippen LogP contribution in [0.4, 0.5) is 0 Å². The lowest BCUT2D eigenvalue weighted by Crippen LogP contribution is -2.28. The standard InChI is InChI=1S/C17H26ClNO/c1-3-5-12-19(13-6-4-2)14-11-17(20)15-9-7-8-10-16(15)18/h7-10H,3-6,11-14H2,1-2H3. The molecule has 0 saturated carbocycles. The maximum Gasteiger partial charge on any atom is 0.165 e. The summed E-state index contributed by atoms with van der Waals surface area (Å²) in [4.78, 5) is 14.6. The van der Waals surface area contributed by atoms with Crippen LogP contribution >= 0.6 is 11.6 Å². The number of ketones is 1. The number of hydrogen-bond donors (Lipinski definition) is 0. The molecule has 2 nitrogen and oxygen atoms in total. The first-order chi connectivity index (χ1) is 9.69. The molecule has 3 heteroatoms. The minimum Gasteiger partial charge on any atom is -0.303 e. The molecular formula is C17H26ClNO. The second-order valence-electron chi connectivity index (χ2n) is 5.20. The monoisotopic (exact) mass is 295 g/mol. The topological polar surface area (TPSA) is 20.3 Å². The maximum atomic E-state index is 12.2. The van der Waals surface area contributed by atoms with Crippen LogP contribution in [0, 0.1) is 0 Å². The number of Topliss-reactive ketones (excluding diaryl/α,β-unsaturated/α-hetero) is 1. The van der Waals surface area contributed by atoms with Crippen LogP contribution in [0.5, 0.6) is 0 Å². The molecule has 0 atom stereocenters. The molecule has 1 rings (SSSR count). The highest BCUT2D eigenvalue weighted by molar-refractivity contribution is 6.33. The predicted octanol–water partition coefficient (Wildman–Crippen LogP) is 4.82. The van der Waals surface area contributed by atoms with Crippen LogP contribution in [0.3, 0.4) is 0 Å². The molecule has 1 aromatic carbocycles. The van der Waals surface area contributed by atoms with Gasteiger partial charge in [-0.15, -0.1) is 0 Å². The van der Waals surface area contributed by atoms with E-state index in [0.29, 0.717) is 17.0 Å². The third kappa shape index (κ3) is 6.06. The zero-order valence-electron chi connectivity index (χ0n) is 12.7. The second-order valence-corrected chi connectivity index (χ2v) is 5.61. The first-order valence-electron chi connectivity index (χ1n) is 7.69. The number of halogens is 1. The van der Waals surface area contributed by atoms with E-state index in [1.165, 1.54) is 25.7 Å². The summed E-state index contributed by atoms with van der Waals surface area (Å²) in [6.45, 7) is 7.42. The van der Waals surface area contributed by atoms with Crippen molar-refractivity contribution in [1.82, 2.24) is 4.90 Å². The van der Waals surface area contributed by atoms with Crippen molar-refractivity contribution in [3.63, 3.8) is 0 Å². The van der Waals surface area contributed by atoms with Crippen molar-refractivity contribution in [2.75, 3.05) is 19.6 Å². The Morgan fingerprint density at radius 1 is 1.05 bits per heavy atom. The van der Waals surface area contributed by atoms with Crippen LogP contribution in [0.25, 0.3) is 0 Å². The van der Waals surface area contributed by atoms with Gasteiger partial charge in [-0.3, -0.25) is 4.79 Å². The Morgan fingerprint density at radius 3 is 2.20 bits per heavy atom. The molecule has 0 aliphatic rings. The molecule has 1 aromatic rings. The van der Waals surface area contributed by atoms with Gasteiger partial charge in [-0.2, -0.15) is 0 Å². The van der Waals surface area contributed by atoms with E-state index in [4.69, 9.17) is 11.6 Å². The fraction of sp³-hybridized carbons (Fsp3) is 0.588. The number of nitrogens with zero attached hydrogens (tertiary/aromatic N) is 1. The van der Waals surface area contributed by atoms with Gasteiger partial charge in [0.2, 0.25) is 0 Å². The molecule has 0 spiro atoms. The second kappa shape index (κ2) is 9.95. The summed E-state index contributed by atoms with van der Waals surface area (Å²) < 4.78 is 0. The number of rotatable bonds is 10. The highest BCUT2D eigenvalue weighted by atomic mass is 35.5. The summed E-state index contributed by atoms with van der Waals surface area (Å²) in [6, 6.07) is 7.31. The molecule has 0 aliphatic carbocycles. The molecular weight excluding hydrogens is 270 g/mol. The molecule has 112 valence electrons. The van der Waals surface area contributed by atoms with Gasteiger partial charge < -0.3 is 4.90 Å². The van der Waals surface area contributed by atoms with E-state index in [9.17, 15) is 4.79 Å². The minimum atomic E-state index is 0.147. The molecule has 0 unspecified atom stereocenters. The van der Waals surface area contributed by atoms with Gasteiger partial charge in [0.15, 0.2) is 5.78 Å². The van der Waals surface area contributed by atoms with Crippen molar-refractivity contribution in [3.8, 4) is 0 Å². The Hall–Kier alpha value is -0.860. The number of benzene rings is 1. The minimum absolute atomic E-state index is 0.147. The Labute approximate surface area is 128 Å². The largest absolute Gasteiger partial charge is 0.303 e. The van der Waals surface area contributed by atoms with Crippen LogP contribution in [-0.4, -0.2) is 30.3 Å². The highest BCUT2D eigenvalue weighted by Gasteiger charge is 2.12. The lowest BCUT2D eigenvalue weighted by atomic mass is 10.1. The van der Waals surface area contributed by atoms with Crippen molar-refractivity contribution >= 4 is 17.4 Å². The molecule has 0 N–H and O–H groups in total. The van der Waals surface area contributed by atoms with Gasteiger partial charge in [0.25, 0.3) is 0 Å². The summed E-state index contributed by atoms with van der Waals surface area (Å²) in [5.74, 6) is 0.147. The third-order valence-corrected chi connectivity index (χ3v) is 3.81. The van der Waals surface area contributed by atoms with Crippen LogP contribution < -0.4 is 0 Å². The lowest BCUT2D eigenvalue weighted by Gasteiger charge is -2.21. The van der Waals surface area contributed by atoms with Gasteiger partial charge in [0.1, 0.15) is 0 Å². The van der Waals surface area contributed by atoms with Crippen LogP contribution in [0.1, 0.15) is 56.3 Å². The summed E-state index contributed by atoms with van der Waals surface area (Å²) in [7, 11) is 0. The normalized spacial score (nSPS) is 11.0. The smallest absolute Gasteiger partial charge is 0.165 e. The quantitative estimate of drug-likeness (QED) is 0.577. The average molecular weight is 296 g/mol. The fourth-order valence-corrected chi connectivity index (χ4v) is 2.42. The Balaban J connectivity index is 2.49. The highest BCUT2D eigenvalue weighted by Crippen LogP contribution is 2.17. The molecule has 0 aromatic heterocycles. The van der Waals surface area contributed by atoms with E-state index in [0.717, 1.165) is 19.6 Å². The van der Waals surface area contributed by atoms with E-state index in [2.05, 4.69) is 18.7 Å². The van der Waals surface area contributed by atoms with Crippen molar-refractivity contribution in [3.05, 3.63) is 34.9 Å². The maximum absolute atomic E-state index is 12.2. The van der Waals surface area contributed by atoms with Crippen molar-refractivity contribution < 1.29 is 4.79 Å². The van der Waals surface area contributed by atoms with E-state index in [-0.39, 0.29) is 5.78 Å². The molecule has 0 radical (unpaired) electrons. The van der Waals surface area contributed by atoms with Crippen LogP contribution in [0.15, 0.2) is 24.3 Å². The Bertz CT molecular complexity index is 398. The molecule has 0 fully saturated rings. The van der Waals surface area contributed by atoms with Crippen molar-refractivity contribution in [2.24, 2.45) is 0 Å². The molecule has 0 amide bonds. The summed E-state index contributed by atoms with van der Waals surface area (Å²) >= 11 is 6.07. The molecule has 0 bridgehead atoms. The van der Waals surface area contributed by atoms with Gasteiger partial charge in [0.05, 0.1) is 5.02 Å². The zero-order chi connectivity index (χ0) is 14.8. The average Bonchev–Trinajstić information content (AvgIpc) is 2.46. The van der Waals surface area contributed by atoms with E-state index >= 15 is 0 Å². The Morgan fingerprint density at radius 2 is 1.65 bits per heavy atom. The Kier molecular flexibility index (Phi) is 8.56. The SMILES string of the molecule is CCCCN(CCCC)CCC(=O)c1ccccc1Cl. The predicted molar refractivity (Wildman–Crippen MR) is 86.7 cm³/mol. The van der Waals surface area contributed by atoms with E-state index in [1.54, 1.807) is 6.07 Å².